The molecule has 0 aromatic carbocycles. The molecule has 0 aromatic heterocycles. The van der Waals surface area contributed by atoms with E-state index in [9.17, 15) is 18.0 Å². The molecule has 0 fully saturated rings. The Labute approximate surface area is 87.1 Å². The van der Waals surface area contributed by atoms with Crippen molar-refractivity contribution < 1.29 is 27.6 Å². The molecule has 0 atom stereocenters. The number of Topliss-reactive ketones (excluding diaryl/α,β-unsaturated/α-hetero) is 1. The lowest BCUT2D eigenvalue weighted by Gasteiger charge is -2.28. The molecule has 0 spiro atoms. The summed E-state index contributed by atoms with van der Waals surface area (Å²) < 4.78 is 35.9. The Morgan fingerprint density at radius 2 is 1.80 bits per heavy atom. The molecule has 6 heteroatoms. The Hall–Kier alpha value is -0.620. The van der Waals surface area contributed by atoms with Crippen molar-refractivity contribution in [1.82, 2.24) is 0 Å². The van der Waals surface area contributed by atoms with Gasteiger partial charge in [0.05, 0.1) is 27.2 Å². The highest BCUT2D eigenvalue weighted by atomic mass is 19.4. The van der Waals surface area contributed by atoms with E-state index in [0.29, 0.717) is 17.6 Å². The maximum absolute atomic E-state index is 11.8. The van der Waals surface area contributed by atoms with Gasteiger partial charge in [-0.25, -0.2) is 0 Å². The van der Waals surface area contributed by atoms with Gasteiger partial charge in [-0.15, -0.1) is 0 Å². The molecule has 0 aliphatic heterocycles. The van der Waals surface area contributed by atoms with Gasteiger partial charge in [0.15, 0.2) is 0 Å². The van der Waals surface area contributed by atoms with Crippen LogP contribution in [0.25, 0.3) is 0 Å². The minimum atomic E-state index is -4.71. The molecule has 15 heavy (non-hydrogen) atoms. The zero-order valence-electron chi connectivity index (χ0n) is 8.97. The molecule has 0 unspecified atom stereocenters. The maximum Gasteiger partial charge on any atom is 0.449 e. The van der Waals surface area contributed by atoms with Gasteiger partial charge in [-0.05, 0) is 0 Å². The van der Waals surface area contributed by atoms with E-state index in [4.69, 9.17) is 5.11 Å². The maximum atomic E-state index is 11.8. The standard InChI is InChI=1S/C9H17F3NO2/c1-13(2,6-7-14)5-3-4-8(15)9(10,11)12/h14H,3-7H2,1-2H3/q+1. The number of quaternary nitrogens is 1. The van der Waals surface area contributed by atoms with Crippen LogP contribution < -0.4 is 0 Å². The summed E-state index contributed by atoms with van der Waals surface area (Å²) in [6.45, 7) is 0.906. The number of aliphatic hydroxyl groups excluding tert-OH is 1. The second-order valence-corrected chi connectivity index (χ2v) is 4.13. The first-order valence-electron chi connectivity index (χ1n) is 4.72. The molecule has 0 aliphatic carbocycles. The minimum absolute atomic E-state index is 0.0137. The Morgan fingerprint density at radius 1 is 1.27 bits per heavy atom. The first-order valence-corrected chi connectivity index (χ1v) is 4.72. The topological polar surface area (TPSA) is 37.3 Å². The van der Waals surface area contributed by atoms with Crippen LogP contribution in [0.15, 0.2) is 0 Å². The third kappa shape index (κ3) is 6.46. The number of ketones is 1. The van der Waals surface area contributed by atoms with Gasteiger partial charge < -0.3 is 9.59 Å². The van der Waals surface area contributed by atoms with Crippen molar-refractivity contribution >= 4 is 5.78 Å². The summed E-state index contributed by atoms with van der Waals surface area (Å²) in [6, 6.07) is 0. The highest BCUT2D eigenvalue weighted by Crippen LogP contribution is 2.18. The Bertz CT molecular complexity index is 214. The SMILES string of the molecule is C[N+](C)(CCO)CCCC(=O)C(F)(F)F. The average Bonchev–Trinajstić information content (AvgIpc) is 2.01. The monoisotopic (exact) mass is 228 g/mol. The number of nitrogens with zero attached hydrogens (tertiary/aromatic N) is 1. The molecular weight excluding hydrogens is 211 g/mol. The van der Waals surface area contributed by atoms with Gasteiger partial charge in [-0.3, -0.25) is 4.79 Å². The third-order valence-corrected chi connectivity index (χ3v) is 2.19. The highest BCUT2D eigenvalue weighted by Gasteiger charge is 2.37. The van der Waals surface area contributed by atoms with Crippen molar-refractivity contribution in [3.8, 4) is 0 Å². The van der Waals surface area contributed by atoms with Crippen LogP contribution in [0.5, 0.6) is 0 Å². The number of likely N-dealkylation sites (N-methyl/N-ethyl adjacent to an activating group) is 1. The highest BCUT2D eigenvalue weighted by molar-refractivity contribution is 5.83. The number of carbonyl (C=O) groups is 1. The van der Waals surface area contributed by atoms with Crippen LogP contribution in [0.2, 0.25) is 0 Å². The zero-order valence-corrected chi connectivity index (χ0v) is 8.97. The van der Waals surface area contributed by atoms with Crippen molar-refractivity contribution in [2.75, 3.05) is 33.8 Å². The molecule has 90 valence electrons. The van der Waals surface area contributed by atoms with E-state index in [2.05, 4.69) is 0 Å². The van der Waals surface area contributed by atoms with Gasteiger partial charge in [0.25, 0.3) is 0 Å². The first-order chi connectivity index (χ1) is 6.69. The summed E-state index contributed by atoms with van der Waals surface area (Å²) in [7, 11) is 3.60. The number of carbonyl (C=O) groups excluding carboxylic acids is 1. The van der Waals surface area contributed by atoms with Gasteiger partial charge in [0, 0.05) is 12.8 Å². The first kappa shape index (κ1) is 14.4. The lowest BCUT2D eigenvalue weighted by molar-refractivity contribution is -0.890. The van der Waals surface area contributed by atoms with Crippen LogP contribution in [0.3, 0.4) is 0 Å². The Balaban J connectivity index is 3.85. The molecule has 3 nitrogen and oxygen atoms in total. The summed E-state index contributed by atoms with van der Waals surface area (Å²) in [5.41, 5.74) is 0. The van der Waals surface area contributed by atoms with Gasteiger partial charge >= 0.3 is 6.18 Å². The van der Waals surface area contributed by atoms with Gasteiger partial charge in [0.1, 0.15) is 6.54 Å². The van der Waals surface area contributed by atoms with E-state index in [1.54, 1.807) is 14.1 Å². The Morgan fingerprint density at radius 3 is 2.20 bits per heavy atom. The molecule has 0 aromatic rings. The number of hydrogen-bond acceptors (Lipinski definition) is 2. The van der Waals surface area contributed by atoms with Crippen molar-refractivity contribution in [3.05, 3.63) is 0 Å². The summed E-state index contributed by atoms with van der Waals surface area (Å²) >= 11 is 0. The summed E-state index contributed by atoms with van der Waals surface area (Å²) in [4.78, 5) is 10.5. The van der Waals surface area contributed by atoms with Gasteiger partial charge in [-0.2, -0.15) is 13.2 Å². The van der Waals surface area contributed by atoms with Gasteiger partial charge in [-0.1, -0.05) is 0 Å². The van der Waals surface area contributed by atoms with Crippen molar-refractivity contribution in [1.29, 1.82) is 0 Å². The van der Waals surface area contributed by atoms with E-state index >= 15 is 0 Å². The predicted octanol–water partition coefficient (Wildman–Crippen LogP) is 0.967. The van der Waals surface area contributed by atoms with Crippen LogP contribution in [0.4, 0.5) is 13.2 Å². The fourth-order valence-corrected chi connectivity index (χ4v) is 1.19. The average molecular weight is 228 g/mol. The van der Waals surface area contributed by atoms with E-state index < -0.39 is 18.4 Å². The molecule has 0 saturated heterocycles. The normalized spacial score (nSPS) is 12.9. The molecule has 0 rings (SSSR count). The van der Waals surface area contributed by atoms with Crippen LogP contribution >= 0.6 is 0 Å². The fourth-order valence-electron chi connectivity index (χ4n) is 1.19. The second kappa shape index (κ2) is 5.46. The molecule has 0 bridgehead atoms. The van der Waals surface area contributed by atoms with E-state index in [1.807, 2.05) is 0 Å². The molecule has 0 heterocycles. The van der Waals surface area contributed by atoms with Crippen LogP contribution in [0, 0.1) is 0 Å². The number of hydrogen-bond donors (Lipinski definition) is 1. The van der Waals surface area contributed by atoms with E-state index in [1.165, 1.54) is 0 Å². The quantitative estimate of drug-likeness (QED) is 0.688. The molecule has 1 N–H and O–H groups in total. The van der Waals surface area contributed by atoms with Crippen molar-refractivity contribution in [3.63, 3.8) is 0 Å². The van der Waals surface area contributed by atoms with Crippen LogP contribution in [-0.2, 0) is 4.79 Å². The largest absolute Gasteiger partial charge is 0.449 e. The van der Waals surface area contributed by atoms with Crippen molar-refractivity contribution in [2.45, 2.75) is 19.0 Å². The Kier molecular flexibility index (Phi) is 5.23. The lowest BCUT2D eigenvalue weighted by Crippen LogP contribution is -2.43. The molecule has 0 amide bonds. The summed E-state index contributed by atoms with van der Waals surface area (Å²) in [5, 5.41) is 8.68. The number of alkyl halides is 3. The second-order valence-electron chi connectivity index (χ2n) is 4.13. The molecule has 0 saturated carbocycles. The summed E-state index contributed by atoms with van der Waals surface area (Å²) in [6.07, 6.45) is -5.00. The minimum Gasteiger partial charge on any atom is -0.391 e. The van der Waals surface area contributed by atoms with Crippen LogP contribution in [0.1, 0.15) is 12.8 Å². The fraction of sp³-hybridized carbons (Fsp3) is 0.889. The van der Waals surface area contributed by atoms with Crippen LogP contribution in [-0.4, -0.2) is 55.3 Å². The molecule has 0 aliphatic rings. The van der Waals surface area contributed by atoms with Gasteiger partial charge in [0.2, 0.25) is 5.78 Å². The number of aliphatic hydroxyl groups is 1. The number of rotatable bonds is 6. The zero-order chi connectivity index (χ0) is 12.1. The summed E-state index contributed by atoms with van der Waals surface area (Å²) in [5.74, 6) is -1.67. The third-order valence-electron chi connectivity index (χ3n) is 2.19. The predicted molar refractivity (Wildman–Crippen MR) is 49.2 cm³/mol. The van der Waals surface area contributed by atoms with E-state index in [0.717, 1.165) is 0 Å². The number of halogens is 3. The van der Waals surface area contributed by atoms with E-state index in [-0.39, 0.29) is 13.0 Å². The van der Waals surface area contributed by atoms with Crippen molar-refractivity contribution in [2.24, 2.45) is 0 Å². The molecular formula is C9H17F3NO2+. The smallest absolute Gasteiger partial charge is 0.391 e. The molecule has 0 radical (unpaired) electrons. The lowest BCUT2D eigenvalue weighted by atomic mass is 10.2.